The van der Waals surface area contributed by atoms with Gasteiger partial charge < -0.3 is 9.80 Å². The molecule has 0 aromatic carbocycles. The molecule has 3 amide bonds. The second-order valence-corrected chi connectivity index (χ2v) is 6.97. The van der Waals surface area contributed by atoms with E-state index in [1.54, 1.807) is 4.90 Å². The molecule has 25 heavy (non-hydrogen) atoms. The zero-order chi connectivity index (χ0) is 17.4. The number of nitrogens with zero attached hydrogens (tertiary/aromatic N) is 3. The minimum Gasteiger partial charge on any atom is -0.330 e. The van der Waals surface area contributed by atoms with Gasteiger partial charge in [0.05, 0.1) is 12.3 Å². The summed E-state index contributed by atoms with van der Waals surface area (Å²) in [7, 11) is 0. The fourth-order valence-corrected chi connectivity index (χ4v) is 4.01. The van der Waals surface area contributed by atoms with Gasteiger partial charge in [-0.1, -0.05) is 37.1 Å². The van der Waals surface area contributed by atoms with E-state index in [-0.39, 0.29) is 24.4 Å². The molecule has 0 aromatic rings. The molecule has 1 saturated heterocycles. The lowest BCUT2D eigenvalue weighted by atomic mass is 9.92. The maximum atomic E-state index is 12.5. The van der Waals surface area contributed by atoms with Crippen molar-refractivity contribution < 1.29 is 14.4 Å². The smallest absolute Gasteiger partial charge is 0.312 e. The highest BCUT2D eigenvalue weighted by Gasteiger charge is 2.38. The summed E-state index contributed by atoms with van der Waals surface area (Å²) >= 11 is 0. The summed E-state index contributed by atoms with van der Waals surface area (Å²) in [6.07, 6.45) is 13.6. The molecule has 0 aromatic heterocycles. The summed E-state index contributed by atoms with van der Waals surface area (Å²) in [5, 5.41) is 0. The molecular weight excluding hydrogens is 318 g/mol. The van der Waals surface area contributed by atoms with Crippen LogP contribution in [0.2, 0.25) is 0 Å². The van der Waals surface area contributed by atoms with Crippen molar-refractivity contribution in [3.63, 3.8) is 0 Å². The molecule has 0 bridgehead atoms. The summed E-state index contributed by atoms with van der Waals surface area (Å²) in [6, 6.07) is 0.209. The van der Waals surface area contributed by atoms with Gasteiger partial charge in [0.15, 0.2) is 0 Å². The second-order valence-electron chi connectivity index (χ2n) is 6.97. The van der Waals surface area contributed by atoms with E-state index < -0.39 is 11.8 Å². The Morgan fingerprint density at radius 3 is 2.64 bits per heavy atom. The summed E-state index contributed by atoms with van der Waals surface area (Å²) in [4.78, 5) is 44.5. The van der Waals surface area contributed by atoms with E-state index in [0.717, 1.165) is 31.4 Å². The minimum absolute atomic E-state index is 0.0247. The largest absolute Gasteiger partial charge is 0.330 e. The fraction of sp³-hybridized carbons (Fsp3) is 0.474. The lowest BCUT2D eigenvalue weighted by Crippen LogP contribution is -2.57. The van der Waals surface area contributed by atoms with Gasteiger partial charge in [0.2, 0.25) is 0 Å². The van der Waals surface area contributed by atoms with Crippen LogP contribution in [0, 0.1) is 5.92 Å². The molecule has 2 fully saturated rings. The number of allylic oxidation sites excluding steroid dienone is 5. The molecule has 6 nitrogen and oxygen atoms in total. The molecule has 130 valence electrons. The number of rotatable bonds is 3. The van der Waals surface area contributed by atoms with E-state index in [2.05, 4.69) is 4.99 Å². The summed E-state index contributed by atoms with van der Waals surface area (Å²) in [5.41, 5.74) is 1.22. The highest BCUT2D eigenvalue weighted by atomic mass is 16.2. The highest BCUT2D eigenvalue weighted by molar-refractivity contribution is 6.35. The monoisotopic (exact) mass is 339 g/mol. The molecule has 1 atom stereocenters. The summed E-state index contributed by atoms with van der Waals surface area (Å²) < 4.78 is 0. The van der Waals surface area contributed by atoms with Gasteiger partial charge in [0, 0.05) is 30.6 Å². The molecule has 4 aliphatic rings. The topological polar surface area (TPSA) is 70.1 Å². The fourth-order valence-electron chi connectivity index (χ4n) is 4.01. The van der Waals surface area contributed by atoms with E-state index in [1.807, 2.05) is 30.4 Å². The first-order valence-corrected chi connectivity index (χ1v) is 8.92. The molecule has 2 aliphatic heterocycles. The Morgan fingerprint density at radius 2 is 1.84 bits per heavy atom. The molecule has 1 unspecified atom stereocenters. The van der Waals surface area contributed by atoms with Crippen LogP contribution in [0.4, 0.5) is 0 Å². The van der Waals surface area contributed by atoms with Crippen molar-refractivity contribution in [1.82, 2.24) is 9.80 Å². The molecule has 2 aliphatic carbocycles. The number of hydrogen-bond donors (Lipinski definition) is 0. The molecule has 0 spiro atoms. The normalized spacial score (nSPS) is 26.9. The predicted molar refractivity (Wildman–Crippen MR) is 92.8 cm³/mol. The number of carbonyl (C=O) groups is 3. The van der Waals surface area contributed by atoms with Crippen LogP contribution in [-0.2, 0) is 14.4 Å². The summed E-state index contributed by atoms with van der Waals surface area (Å²) in [5.74, 6) is -1.26. The van der Waals surface area contributed by atoms with Crippen LogP contribution >= 0.6 is 0 Å². The molecule has 0 radical (unpaired) electrons. The Morgan fingerprint density at radius 1 is 1.04 bits per heavy atom. The predicted octanol–water partition coefficient (Wildman–Crippen LogP) is 1.25. The highest BCUT2D eigenvalue weighted by Crippen LogP contribution is 2.26. The van der Waals surface area contributed by atoms with Crippen molar-refractivity contribution in [3.8, 4) is 0 Å². The summed E-state index contributed by atoms with van der Waals surface area (Å²) in [6.45, 7) is 1.19. The number of fused-ring (bicyclic) bond motifs is 1. The Bertz CT molecular complexity index is 741. The van der Waals surface area contributed by atoms with Gasteiger partial charge in [-0.2, -0.15) is 0 Å². The van der Waals surface area contributed by atoms with Crippen molar-refractivity contribution in [3.05, 3.63) is 36.0 Å². The van der Waals surface area contributed by atoms with Crippen molar-refractivity contribution in [2.75, 3.05) is 19.6 Å². The van der Waals surface area contributed by atoms with E-state index in [4.69, 9.17) is 0 Å². The van der Waals surface area contributed by atoms with E-state index in [9.17, 15) is 14.4 Å². The minimum atomic E-state index is -0.499. The van der Waals surface area contributed by atoms with Crippen LogP contribution in [0.3, 0.4) is 0 Å². The zero-order valence-corrected chi connectivity index (χ0v) is 14.1. The van der Waals surface area contributed by atoms with E-state index in [0.29, 0.717) is 18.7 Å². The lowest BCUT2D eigenvalue weighted by molar-refractivity contribution is -0.157. The van der Waals surface area contributed by atoms with Crippen LogP contribution < -0.4 is 0 Å². The number of piperazine rings is 1. The van der Waals surface area contributed by atoms with Crippen molar-refractivity contribution in [1.29, 1.82) is 0 Å². The van der Waals surface area contributed by atoms with Gasteiger partial charge >= 0.3 is 11.8 Å². The number of aliphatic imine (C=N–C) groups is 1. The Balaban J connectivity index is 1.45. The van der Waals surface area contributed by atoms with Gasteiger partial charge in [-0.25, -0.2) is 4.99 Å². The van der Waals surface area contributed by atoms with Crippen LogP contribution in [0.25, 0.3) is 0 Å². The molecule has 4 rings (SSSR count). The average Bonchev–Trinajstić information content (AvgIpc) is 3.14. The molecule has 1 saturated carbocycles. The molecule has 6 heteroatoms. The van der Waals surface area contributed by atoms with Gasteiger partial charge in [-0.3, -0.25) is 14.4 Å². The van der Waals surface area contributed by atoms with Crippen molar-refractivity contribution in [2.24, 2.45) is 10.9 Å². The maximum absolute atomic E-state index is 12.5. The lowest BCUT2D eigenvalue weighted by Gasteiger charge is -2.37. The van der Waals surface area contributed by atoms with Crippen molar-refractivity contribution in [2.45, 2.75) is 31.7 Å². The van der Waals surface area contributed by atoms with Gasteiger partial charge in [-0.15, -0.1) is 0 Å². The number of dihydropyridines is 1. The van der Waals surface area contributed by atoms with Crippen LogP contribution in [-0.4, -0.2) is 58.9 Å². The third kappa shape index (κ3) is 2.97. The Hall–Kier alpha value is -2.50. The SMILES string of the molecule is O=C1N=C2C=CC=CC2C=C1CN1CCN(C2CCCC2)C(=O)C1=O. The maximum Gasteiger partial charge on any atom is 0.312 e. The van der Waals surface area contributed by atoms with E-state index >= 15 is 0 Å². The van der Waals surface area contributed by atoms with Gasteiger partial charge in [0.25, 0.3) is 5.91 Å². The molecule has 0 N–H and O–H groups in total. The van der Waals surface area contributed by atoms with Crippen LogP contribution in [0.1, 0.15) is 25.7 Å². The second kappa shape index (κ2) is 6.43. The first-order valence-electron chi connectivity index (χ1n) is 8.92. The Labute approximate surface area is 146 Å². The van der Waals surface area contributed by atoms with Crippen molar-refractivity contribution >= 4 is 23.4 Å². The Kier molecular flexibility index (Phi) is 4.11. The third-order valence-corrected chi connectivity index (χ3v) is 5.39. The van der Waals surface area contributed by atoms with Crippen LogP contribution in [0.5, 0.6) is 0 Å². The zero-order valence-electron chi connectivity index (χ0n) is 14.1. The van der Waals surface area contributed by atoms with E-state index in [1.165, 1.54) is 4.90 Å². The molecule has 2 heterocycles. The first kappa shape index (κ1) is 16.0. The standard InChI is InChI=1S/C19H21N3O3/c23-17-14(11-13-5-1-4-8-16(13)20-17)12-21-9-10-22(19(25)18(21)24)15-6-2-3-7-15/h1,4-5,8,11,13,15H,2-3,6-7,9-10,12H2. The van der Waals surface area contributed by atoms with Crippen LogP contribution in [0.15, 0.2) is 40.9 Å². The third-order valence-electron chi connectivity index (χ3n) is 5.39. The molecular formula is C19H21N3O3. The average molecular weight is 339 g/mol. The van der Waals surface area contributed by atoms with Gasteiger partial charge in [0.1, 0.15) is 0 Å². The first-order chi connectivity index (χ1) is 12.1. The number of carbonyl (C=O) groups excluding carboxylic acids is 3. The number of amides is 3. The number of hydrogen-bond acceptors (Lipinski definition) is 3. The quantitative estimate of drug-likeness (QED) is 0.727. The van der Waals surface area contributed by atoms with Gasteiger partial charge in [-0.05, 0) is 18.9 Å².